The lowest BCUT2D eigenvalue weighted by atomic mass is 10.2. The third-order valence-electron chi connectivity index (χ3n) is 2.98. The lowest BCUT2D eigenvalue weighted by Gasteiger charge is -2.07. The Bertz CT molecular complexity index is 727. The lowest BCUT2D eigenvalue weighted by Crippen LogP contribution is -2.18. The van der Waals surface area contributed by atoms with E-state index in [0.29, 0.717) is 10.9 Å². The number of ether oxygens (including phenoxy) is 2. The van der Waals surface area contributed by atoms with Gasteiger partial charge in [0.25, 0.3) is 0 Å². The van der Waals surface area contributed by atoms with Gasteiger partial charge in [0.05, 0.1) is 12.7 Å². The van der Waals surface area contributed by atoms with Crippen molar-refractivity contribution in [2.45, 2.75) is 19.6 Å². The Morgan fingerprint density at radius 1 is 1.38 bits per heavy atom. The molecule has 0 aliphatic carbocycles. The monoisotopic (exact) mass is 286 g/mol. The normalized spacial score (nSPS) is 11.7. The minimum Gasteiger partial charge on any atom is -0.465 e. The molecule has 0 amide bonds. The summed E-state index contributed by atoms with van der Waals surface area (Å²) in [5.41, 5.74) is 1.11. The summed E-state index contributed by atoms with van der Waals surface area (Å²) in [6.07, 6.45) is 0.744. The molecule has 6 nitrogen and oxygen atoms in total. The predicted molar refractivity (Wildman–Crippen MR) is 74.4 cm³/mol. The molecule has 1 aromatic carbocycles. The van der Waals surface area contributed by atoms with Crippen LogP contribution >= 0.6 is 0 Å². The molecule has 0 saturated carbocycles. The Labute approximate surface area is 121 Å². The Balaban J connectivity index is 2.34. The molecule has 0 aliphatic rings. The van der Waals surface area contributed by atoms with Crippen LogP contribution in [0.1, 0.15) is 17.3 Å². The Morgan fingerprint density at radius 3 is 2.76 bits per heavy atom. The molecule has 1 heterocycles. The highest BCUT2D eigenvalue weighted by molar-refractivity contribution is 6.04. The van der Waals surface area contributed by atoms with E-state index in [4.69, 9.17) is 14.7 Å². The first-order chi connectivity index (χ1) is 10.1. The topological polar surface area (TPSA) is 81.3 Å². The molecule has 1 atom stereocenters. The first-order valence-corrected chi connectivity index (χ1v) is 6.32. The molecule has 0 fully saturated rings. The summed E-state index contributed by atoms with van der Waals surface area (Å²) in [5, 5.41) is 9.33. The lowest BCUT2D eigenvalue weighted by molar-refractivity contribution is -0.146. The molecule has 0 radical (unpaired) electrons. The van der Waals surface area contributed by atoms with Crippen LogP contribution < -0.4 is 0 Å². The maximum absolute atomic E-state index is 11.8. The molecule has 0 aliphatic heterocycles. The number of nitriles is 1. The minimum absolute atomic E-state index is 0.0798. The number of hydrogen-bond donors (Lipinski definition) is 0. The predicted octanol–water partition coefficient (Wildman–Crippen LogP) is 1.88. The third-order valence-corrected chi connectivity index (χ3v) is 2.98. The molecule has 1 aromatic heterocycles. The third kappa shape index (κ3) is 3.03. The van der Waals surface area contributed by atoms with Gasteiger partial charge in [-0.2, -0.15) is 5.26 Å². The Hall–Kier alpha value is -2.81. The van der Waals surface area contributed by atoms with Gasteiger partial charge in [0.15, 0.2) is 6.10 Å². The molecule has 0 saturated heterocycles. The number of rotatable bonds is 4. The number of fused-ring (bicyclic) bond motifs is 1. The number of nitrogens with zero attached hydrogens (tertiary/aromatic N) is 2. The zero-order valence-electron chi connectivity index (χ0n) is 11.7. The molecule has 6 heteroatoms. The van der Waals surface area contributed by atoms with E-state index in [-0.39, 0.29) is 6.54 Å². The van der Waals surface area contributed by atoms with Gasteiger partial charge in [0.2, 0.25) is 0 Å². The van der Waals surface area contributed by atoms with Crippen LogP contribution in [0.15, 0.2) is 30.5 Å². The van der Waals surface area contributed by atoms with Gasteiger partial charge < -0.3 is 14.0 Å². The van der Waals surface area contributed by atoms with Crippen molar-refractivity contribution in [1.82, 2.24) is 4.57 Å². The highest BCUT2D eigenvalue weighted by atomic mass is 16.5. The number of carbonyl (C=O) groups excluding carboxylic acids is 2. The van der Waals surface area contributed by atoms with Crippen LogP contribution in [-0.2, 0) is 20.8 Å². The van der Waals surface area contributed by atoms with Crippen molar-refractivity contribution in [3.8, 4) is 6.07 Å². The molecule has 108 valence electrons. The fraction of sp³-hybridized carbons (Fsp3) is 0.267. The number of esters is 2. The van der Waals surface area contributed by atoms with Crippen LogP contribution in [-0.4, -0.2) is 29.7 Å². The van der Waals surface area contributed by atoms with Gasteiger partial charge in [0, 0.05) is 17.1 Å². The average Bonchev–Trinajstić information content (AvgIpc) is 2.85. The summed E-state index contributed by atoms with van der Waals surface area (Å²) in [6, 6.07) is 9.01. The number of aromatic nitrogens is 1. The zero-order chi connectivity index (χ0) is 15.4. The van der Waals surface area contributed by atoms with Crippen LogP contribution in [0.3, 0.4) is 0 Å². The quantitative estimate of drug-likeness (QED) is 0.801. The summed E-state index contributed by atoms with van der Waals surface area (Å²) >= 11 is 0. The largest absolute Gasteiger partial charge is 0.465 e. The first kappa shape index (κ1) is 14.6. The van der Waals surface area contributed by atoms with Crippen LogP contribution in [0.25, 0.3) is 10.9 Å². The van der Waals surface area contributed by atoms with Crippen molar-refractivity contribution in [3.63, 3.8) is 0 Å². The SMILES string of the molecule is COC(=O)c1cn(CC(=O)O[C@H](C)C#N)c2ccccc12. The molecule has 0 unspecified atom stereocenters. The first-order valence-electron chi connectivity index (χ1n) is 6.32. The highest BCUT2D eigenvalue weighted by Crippen LogP contribution is 2.22. The second-order valence-corrected chi connectivity index (χ2v) is 4.44. The molecule has 0 N–H and O–H groups in total. The maximum Gasteiger partial charge on any atom is 0.340 e. The molecule has 2 rings (SSSR count). The van der Waals surface area contributed by atoms with Gasteiger partial charge in [-0.05, 0) is 13.0 Å². The van der Waals surface area contributed by atoms with E-state index < -0.39 is 18.0 Å². The fourth-order valence-electron chi connectivity index (χ4n) is 2.05. The van der Waals surface area contributed by atoms with E-state index >= 15 is 0 Å². The molecular formula is C15H14N2O4. The molecule has 0 bridgehead atoms. The van der Waals surface area contributed by atoms with E-state index in [0.717, 1.165) is 5.52 Å². The molecule has 0 spiro atoms. The second-order valence-electron chi connectivity index (χ2n) is 4.44. The van der Waals surface area contributed by atoms with Crippen molar-refractivity contribution < 1.29 is 19.1 Å². The fourth-order valence-corrected chi connectivity index (χ4v) is 2.05. The number of methoxy groups -OCH3 is 1. The number of carbonyl (C=O) groups is 2. The van der Waals surface area contributed by atoms with Crippen molar-refractivity contribution in [2.75, 3.05) is 7.11 Å². The van der Waals surface area contributed by atoms with E-state index in [9.17, 15) is 9.59 Å². The van der Waals surface area contributed by atoms with E-state index in [1.54, 1.807) is 29.0 Å². The number of hydrogen-bond acceptors (Lipinski definition) is 5. The smallest absolute Gasteiger partial charge is 0.340 e. The Morgan fingerprint density at radius 2 is 2.10 bits per heavy atom. The van der Waals surface area contributed by atoms with E-state index in [2.05, 4.69) is 0 Å². The van der Waals surface area contributed by atoms with Crippen molar-refractivity contribution in [1.29, 1.82) is 5.26 Å². The summed E-state index contributed by atoms with van der Waals surface area (Å²) < 4.78 is 11.2. The minimum atomic E-state index is -0.806. The van der Waals surface area contributed by atoms with Gasteiger partial charge >= 0.3 is 11.9 Å². The van der Waals surface area contributed by atoms with Crippen molar-refractivity contribution in [2.24, 2.45) is 0 Å². The van der Waals surface area contributed by atoms with Gasteiger partial charge in [0.1, 0.15) is 12.6 Å². The highest BCUT2D eigenvalue weighted by Gasteiger charge is 2.17. The van der Waals surface area contributed by atoms with Gasteiger partial charge in [-0.3, -0.25) is 4.79 Å². The van der Waals surface area contributed by atoms with E-state index in [1.807, 2.05) is 12.1 Å². The summed E-state index contributed by atoms with van der Waals surface area (Å²) in [5.74, 6) is -1.01. The summed E-state index contributed by atoms with van der Waals surface area (Å²) in [4.78, 5) is 23.5. The Kier molecular flexibility index (Phi) is 4.24. The van der Waals surface area contributed by atoms with Gasteiger partial charge in [-0.25, -0.2) is 4.79 Å². The van der Waals surface area contributed by atoms with Crippen LogP contribution in [0.4, 0.5) is 0 Å². The second kappa shape index (κ2) is 6.09. The van der Waals surface area contributed by atoms with Gasteiger partial charge in [-0.1, -0.05) is 18.2 Å². The zero-order valence-corrected chi connectivity index (χ0v) is 11.7. The molecular weight excluding hydrogens is 272 g/mol. The number of benzene rings is 1. The van der Waals surface area contributed by atoms with Crippen LogP contribution in [0.5, 0.6) is 0 Å². The maximum atomic E-state index is 11.8. The van der Waals surface area contributed by atoms with Crippen LogP contribution in [0, 0.1) is 11.3 Å². The summed E-state index contributed by atoms with van der Waals surface area (Å²) in [6.45, 7) is 1.41. The van der Waals surface area contributed by atoms with Crippen molar-refractivity contribution >= 4 is 22.8 Å². The summed E-state index contributed by atoms with van der Waals surface area (Å²) in [7, 11) is 1.30. The van der Waals surface area contributed by atoms with Crippen LogP contribution in [0.2, 0.25) is 0 Å². The standard InChI is InChI=1S/C15H14N2O4/c1-10(7-16)21-14(18)9-17-8-12(15(19)20-2)11-5-3-4-6-13(11)17/h3-6,8,10H,9H2,1-2H3/t10-/m1/s1. The average molecular weight is 286 g/mol. The molecule has 2 aromatic rings. The number of para-hydroxylation sites is 1. The van der Waals surface area contributed by atoms with E-state index in [1.165, 1.54) is 14.0 Å². The van der Waals surface area contributed by atoms with Gasteiger partial charge in [-0.15, -0.1) is 0 Å². The molecule has 21 heavy (non-hydrogen) atoms. The van der Waals surface area contributed by atoms with Crippen molar-refractivity contribution in [3.05, 3.63) is 36.0 Å².